The van der Waals surface area contributed by atoms with Crippen LogP contribution in [0, 0.1) is 0 Å². The number of carbonyl (C=O) groups is 3. The van der Waals surface area contributed by atoms with Gasteiger partial charge in [-0.25, -0.2) is 0 Å². The quantitative estimate of drug-likeness (QED) is 0.0899. The molecule has 0 aromatic heterocycles. The van der Waals surface area contributed by atoms with Crippen molar-refractivity contribution < 1.29 is 29.7 Å². The van der Waals surface area contributed by atoms with E-state index in [-0.39, 0.29) is 26.8 Å². The van der Waals surface area contributed by atoms with Crippen LogP contribution in [0.25, 0.3) is 11.1 Å². The Morgan fingerprint density at radius 1 is 0.591 bits per heavy atom. The largest absolute Gasteiger partial charge is 0.508 e. The molecule has 0 saturated carbocycles. The van der Waals surface area contributed by atoms with E-state index in [4.69, 9.17) is 0 Å². The number of aliphatic hydroxyl groups is 1. The summed E-state index contributed by atoms with van der Waals surface area (Å²) < 4.78 is 0. The second-order valence-electron chi connectivity index (χ2n) is 9.57. The summed E-state index contributed by atoms with van der Waals surface area (Å²) in [6, 6.07) is 27.2. The van der Waals surface area contributed by atoms with Gasteiger partial charge in [-0.2, -0.15) is 0 Å². The maximum atomic E-state index is 13.2. The minimum absolute atomic E-state index is 0.0103. The van der Waals surface area contributed by atoms with Gasteiger partial charge < -0.3 is 15.3 Å². The molecule has 0 heterocycles. The molecule has 3 N–H and O–H groups in total. The number of rotatable bonds is 14. The minimum atomic E-state index is -0.847. The molecule has 0 fully saturated rings. The van der Waals surface area contributed by atoms with Crippen molar-refractivity contribution in [2.24, 2.45) is 0 Å². The maximum Gasteiger partial charge on any atom is 0.219 e. The summed E-state index contributed by atoms with van der Waals surface area (Å²) in [7, 11) is 0. The number of phenols is 2. The lowest BCUT2D eigenvalue weighted by molar-refractivity contribution is 0.108. The van der Waals surface area contributed by atoms with Gasteiger partial charge in [-0.05, 0) is 72.2 Å². The van der Waals surface area contributed by atoms with Gasteiger partial charge >= 0.3 is 0 Å². The Labute approximate surface area is 274 Å². The highest BCUT2D eigenvalue weighted by atomic mass is 32.2. The number of aliphatic hydroxyl groups excluding tert-OH is 1. The van der Waals surface area contributed by atoms with Crippen LogP contribution in [0.1, 0.15) is 54.9 Å². The Bertz CT molecular complexity index is 1560. The van der Waals surface area contributed by atoms with Crippen molar-refractivity contribution >= 4 is 62.4 Å². The van der Waals surface area contributed by atoms with Crippen molar-refractivity contribution in [2.45, 2.75) is 18.3 Å². The topological polar surface area (TPSA) is 112 Å². The Hall–Kier alpha value is -3.15. The molecular formula is C34H32O6S4. The summed E-state index contributed by atoms with van der Waals surface area (Å²) >= 11 is 4.96. The number of carbonyl (C=O) groups excluding carboxylic acids is 3. The van der Waals surface area contributed by atoms with E-state index in [2.05, 4.69) is 0 Å². The van der Waals surface area contributed by atoms with Crippen LogP contribution in [0.5, 0.6) is 11.5 Å². The highest BCUT2D eigenvalue weighted by Gasteiger charge is 2.18. The second-order valence-corrected chi connectivity index (χ2v) is 14.0. The third-order valence-corrected chi connectivity index (χ3v) is 10.5. The highest BCUT2D eigenvalue weighted by Crippen LogP contribution is 2.37. The number of hydrogen-bond acceptors (Lipinski definition) is 10. The molecule has 44 heavy (non-hydrogen) atoms. The molecule has 228 valence electrons. The van der Waals surface area contributed by atoms with Crippen LogP contribution in [-0.4, -0.2) is 53.7 Å². The predicted octanol–water partition coefficient (Wildman–Crippen LogP) is 8.29. The molecule has 1 atom stereocenters. The molecule has 10 heteroatoms. The lowest BCUT2D eigenvalue weighted by Crippen LogP contribution is -2.01. The third-order valence-electron chi connectivity index (χ3n) is 6.41. The van der Waals surface area contributed by atoms with Crippen molar-refractivity contribution in [1.29, 1.82) is 0 Å². The lowest BCUT2D eigenvalue weighted by Gasteiger charge is -2.15. The summed E-state index contributed by atoms with van der Waals surface area (Å²) in [5, 5.41) is 30.7. The van der Waals surface area contributed by atoms with Gasteiger partial charge in [-0.1, -0.05) is 89.9 Å². The molecule has 0 radical (unpaired) electrons. The van der Waals surface area contributed by atoms with Gasteiger partial charge in [0.05, 0.1) is 0 Å². The van der Waals surface area contributed by atoms with Gasteiger partial charge in [0, 0.05) is 39.5 Å². The van der Waals surface area contributed by atoms with Gasteiger partial charge in [-0.15, -0.1) is 11.8 Å². The van der Waals surface area contributed by atoms with Gasteiger partial charge in [0.2, 0.25) is 15.3 Å². The molecule has 0 spiro atoms. The van der Waals surface area contributed by atoms with E-state index in [1.807, 2.05) is 18.2 Å². The molecule has 4 aromatic carbocycles. The number of aromatic hydroxyl groups is 2. The van der Waals surface area contributed by atoms with Crippen LogP contribution in [0.15, 0.2) is 97.1 Å². The van der Waals surface area contributed by atoms with Crippen LogP contribution >= 0.6 is 47.0 Å². The molecule has 0 aliphatic carbocycles. The number of benzene rings is 4. The van der Waals surface area contributed by atoms with Crippen molar-refractivity contribution in [1.82, 2.24) is 0 Å². The SMILES string of the molecule is O=C(SCCCSC(=O)c1ccccc1-c1cc(C(O)SCCCSC(=O)c2ccc(O)cc2)ccc1O)c1ccccc1. The second kappa shape index (κ2) is 17.4. The Kier molecular flexibility index (Phi) is 13.3. The molecule has 0 aliphatic rings. The first-order chi connectivity index (χ1) is 21.3. The van der Waals surface area contributed by atoms with Crippen LogP contribution in [0.3, 0.4) is 0 Å². The van der Waals surface area contributed by atoms with Gasteiger partial charge in [0.25, 0.3) is 0 Å². The van der Waals surface area contributed by atoms with E-state index in [0.29, 0.717) is 69.2 Å². The number of phenolic OH excluding ortho intramolecular Hbond substituents is 2. The molecule has 1 unspecified atom stereocenters. The smallest absolute Gasteiger partial charge is 0.219 e. The van der Waals surface area contributed by atoms with Gasteiger partial charge in [0.15, 0.2) is 0 Å². The van der Waals surface area contributed by atoms with E-state index in [9.17, 15) is 29.7 Å². The first-order valence-corrected chi connectivity index (χ1v) is 17.9. The molecule has 0 amide bonds. The van der Waals surface area contributed by atoms with Crippen LogP contribution in [0.4, 0.5) is 0 Å². The number of thioether (sulfide) groups is 4. The van der Waals surface area contributed by atoms with Gasteiger partial charge in [0.1, 0.15) is 16.9 Å². The summed E-state index contributed by atoms with van der Waals surface area (Å²) in [5.74, 6) is 2.51. The molecule has 6 nitrogen and oxygen atoms in total. The lowest BCUT2D eigenvalue weighted by atomic mass is 9.98. The first kappa shape index (κ1) is 33.7. The zero-order valence-corrected chi connectivity index (χ0v) is 27.0. The molecule has 0 saturated heterocycles. The normalized spacial score (nSPS) is 11.7. The third kappa shape index (κ3) is 9.93. The van der Waals surface area contributed by atoms with Gasteiger partial charge in [-0.3, -0.25) is 14.4 Å². The maximum absolute atomic E-state index is 13.2. The van der Waals surface area contributed by atoms with Crippen molar-refractivity contribution in [3.8, 4) is 22.6 Å². The van der Waals surface area contributed by atoms with Crippen molar-refractivity contribution in [3.63, 3.8) is 0 Å². The molecular weight excluding hydrogens is 633 g/mol. The fourth-order valence-corrected chi connectivity index (χ4v) is 7.74. The monoisotopic (exact) mass is 664 g/mol. The fraction of sp³-hybridized carbons (Fsp3) is 0.206. The van der Waals surface area contributed by atoms with E-state index in [1.165, 1.54) is 65.2 Å². The van der Waals surface area contributed by atoms with E-state index in [0.717, 1.165) is 0 Å². The summed E-state index contributed by atoms with van der Waals surface area (Å²) in [4.78, 5) is 37.7. The Morgan fingerprint density at radius 2 is 1.16 bits per heavy atom. The zero-order chi connectivity index (χ0) is 31.3. The van der Waals surface area contributed by atoms with E-state index >= 15 is 0 Å². The van der Waals surface area contributed by atoms with Crippen molar-refractivity contribution in [3.05, 3.63) is 119 Å². The Balaban J connectivity index is 1.28. The summed E-state index contributed by atoms with van der Waals surface area (Å²) in [6.45, 7) is 0. The number of hydrogen-bond donors (Lipinski definition) is 3. The molecule has 4 rings (SSSR count). The van der Waals surface area contributed by atoms with Crippen LogP contribution in [-0.2, 0) is 0 Å². The van der Waals surface area contributed by atoms with Crippen LogP contribution in [0.2, 0.25) is 0 Å². The highest BCUT2D eigenvalue weighted by molar-refractivity contribution is 8.15. The Morgan fingerprint density at radius 3 is 1.84 bits per heavy atom. The van der Waals surface area contributed by atoms with E-state index in [1.54, 1.807) is 60.7 Å². The molecule has 4 aromatic rings. The summed E-state index contributed by atoms with van der Waals surface area (Å²) in [6.07, 6.45) is 1.39. The average Bonchev–Trinajstić information content (AvgIpc) is 3.05. The molecule has 0 aliphatic heterocycles. The fourth-order valence-electron chi connectivity index (χ4n) is 4.14. The summed E-state index contributed by atoms with van der Waals surface area (Å²) in [5.41, 5.74) is 2.47. The minimum Gasteiger partial charge on any atom is -0.508 e. The van der Waals surface area contributed by atoms with Crippen LogP contribution < -0.4 is 0 Å². The first-order valence-electron chi connectivity index (χ1n) is 13.9. The standard InChI is InChI=1S/C34H32O6S4/c35-26-15-12-24(13-16-26)32(38)42-18-6-20-43-33(39)25-14-17-30(36)29(22-25)27-10-4-5-11-28(27)34(40)44-21-7-19-41-31(37)23-8-2-1-3-9-23/h1-5,8-17,22,33,35-36,39H,6-7,18-21H2. The molecule has 0 bridgehead atoms. The van der Waals surface area contributed by atoms with E-state index < -0.39 is 5.44 Å². The van der Waals surface area contributed by atoms with Crippen molar-refractivity contribution in [2.75, 3.05) is 23.0 Å². The average molecular weight is 665 g/mol. The predicted molar refractivity (Wildman–Crippen MR) is 185 cm³/mol. The zero-order valence-electron chi connectivity index (χ0n) is 23.8.